The first-order valence-corrected chi connectivity index (χ1v) is 13.6. The summed E-state index contributed by atoms with van der Waals surface area (Å²) in [6.45, 7) is -0.137. The Morgan fingerprint density at radius 1 is 0.667 bits per heavy atom. The number of unbranched alkanes of at least 4 members (excludes halogenated alkanes) is 3. The van der Waals surface area contributed by atoms with Gasteiger partial charge in [0.15, 0.2) is 0 Å². The number of hydrogen-bond donors (Lipinski definition) is 0. The highest BCUT2D eigenvalue weighted by Gasteiger charge is 2.31. The molecule has 180 valence electrons. The SMILES string of the molecule is COc1ccc(-c2ccc([C@H]3CC[C@H]([C@H]4CC[C@H](CCCCCCF)CC4)CC3)cc2)cc1. The van der Waals surface area contributed by atoms with E-state index in [2.05, 4.69) is 36.4 Å². The topological polar surface area (TPSA) is 9.23 Å². The minimum atomic E-state index is -0.137. The van der Waals surface area contributed by atoms with E-state index in [9.17, 15) is 4.39 Å². The number of halogens is 1. The average Bonchev–Trinajstić information content (AvgIpc) is 2.89. The van der Waals surface area contributed by atoms with Crippen LogP contribution < -0.4 is 4.74 Å². The molecule has 2 aliphatic rings. The second-order valence-electron chi connectivity index (χ2n) is 10.6. The summed E-state index contributed by atoms with van der Waals surface area (Å²) in [6.07, 6.45) is 17.2. The summed E-state index contributed by atoms with van der Waals surface area (Å²) in [5, 5.41) is 0. The summed E-state index contributed by atoms with van der Waals surface area (Å²) in [4.78, 5) is 0. The first kappa shape index (κ1) is 24.3. The molecule has 0 unspecified atom stereocenters. The van der Waals surface area contributed by atoms with Crippen molar-refractivity contribution < 1.29 is 9.13 Å². The first-order valence-electron chi connectivity index (χ1n) is 13.6. The summed E-state index contributed by atoms with van der Waals surface area (Å²) in [7, 11) is 1.71. The Hall–Kier alpha value is -1.83. The zero-order valence-electron chi connectivity index (χ0n) is 20.6. The molecule has 33 heavy (non-hydrogen) atoms. The highest BCUT2D eigenvalue weighted by atomic mass is 19.1. The Morgan fingerprint density at radius 3 is 1.79 bits per heavy atom. The third-order valence-corrected chi connectivity index (χ3v) is 8.63. The van der Waals surface area contributed by atoms with Gasteiger partial charge < -0.3 is 4.74 Å². The van der Waals surface area contributed by atoms with Gasteiger partial charge in [0.05, 0.1) is 13.8 Å². The summed E-state index contributed by atoms with van der Waals surface area (Å²) in [6, 6.07) is 17.7. The molecule has 0 atom stereocenters. The van der Waals surface area contributed by atoms with E-state index in [4.69, 9.17) is 4.74 Å². The Labute approximate surface area is 201 Å². The zero-order valence-corrected chi connectivity index (χ0v) is 20.6. The van der Waals surface area contributed by atoms with Crippen molar-refractivity contribution in [1.29, 1.82) is 0 Å². The van der Waals surface area contributed by atoms with Crippen LogP contribution in [-0.2, 0) is 0 Å². The fourth-order valence-corrected chi connectivity index (χ4v) is 6.48. The van der Waals surface area contributed by atoms with Gasteiger partial charge in [0, 0.05) is 0 Å². The van der Waals surface area contributed by atoms with Crippen molar-refractivity contribution in [2.24, 2.45) is 17.8 Å². The Kier molecular flexibility index (Phi) is 9.26. The molecule has 2 heteroatoms. The van der Waals surface area contributed by atoms with Crippen molar-refractivity contribution in [3.63, 3.8) is 0 Å². The lowest BCUT2D eigenvalue weighted by Gasteiger charge is -2.38. The van der Waals surface area contributed by atoms with Crippen LogP contribution in [-0.4, -0.2) is 13.8 Å². The van der Waals surface area contributed by atoms with Crippen LogP contribution in [0.3, 0.4) is 0 Å². The van der Waals surface area contributed by atoms with E-state index in [1.807, 2.05) is 12.1 Å². The number of benzene rings is 2. The Balaban J connectivity index is 1.19. The van der Waals surface area contributed by atoms with E-state index in [-0.39, 0.29) is 6.67 Å². The minimum absolute atomic E-state index is 0.137. The molecule has 0 bridgehead atoms. The largest absolute Gasteiger partial charge is 0.497 e. The van der Waals surface area contributed by atoms with Crippen LogP contribution in [0.5, 0.6) is 5.75 Å². The van der Waals surface area contributed by atoms with Gasteiger partial charge in [-0.25, -0.2) is 0 Å². The Morgan fingerprint density at radius 2 is 1.21 bits per heavy atom. The summed E-state index contributed by atoms with van der Waals surface area (Å²) >= 11 is 0. The smallest absolute Gasteiger partial charge is 0.118 e. The van der Waals surface area contributed by atoms with E-state index < -0.39 is 0 Å². The van der Waals surface area contributed by atoms with Crippen molar-refractivity contribution in [2.45, 2.75) is 89.4 Å². The standard InChI is InChI=1S/C31H43FO/c1-33-31-21-19-30(20-22-31)29-17-15-28(16-18-29)27-13-11-26(12-14-27)25-9-7-24(8-10-25)6-4-2-3-5-23-32/h15-22,24-27H,2-14,23H2,1H3/t24-,25-,26-,27-. The lowest BCUT2D eigenvalue weighted by Crippen LogP contribution is -2.25. The summed E-state index contributed by atoms with van der Waals surface area (Å²) in [5.41, 5.74) is 4.07. The maximum atomic E-state index is 12.2. The van der Waals surface area contributed by atoms with Crippen LogP contribution in [0.4, 0.5) is 4.39 Å². The van der Waals surface area contributed by atoms with Gasteiger partial charge in [-0.2, -0.15) is 0 Å². The molecule has 0 radical (unpaired) electrons. The third kappa shape index (κ3) is 6.84. The van der Waals surface area contributed by atoms with Crippen LogP contribution in [0.1, 0.15) is 95.0 Å². The fourth-order valence-electron chi connectivity index (χ4n) is 6.48. The molecule has 0 heterocycles. The minimum Gasteiger partial charge on any atom is -0.497 e. The van der Waals surface area contributed by atoms with E-state index in [1.54, 1.807) is 7.11 Å². The number of alkyl halides is 1. The number of hydrogen-bond acceptors (Lipinski definition) is 1. The maximum Gasteiger partial charge on any atom is 0.118 e. The van der Waals surface area contributed by atoms with Crippen molar-refractivity contribution >= 4 is 0 Å². The summed E-state index contributed by atoms with van der Waals surface area (Å²) < 4.78 is 17.5. The molecule has 0 spiro atoms. The van der Waals surface area contributed by atoms with Gasteiger partial charge in [0.1, 0.15) is 5.75 Å². The first-order chi connectivity index (χ1) is 16.3. The van der Waals surface area contributed by atoms with Crippen molar-refractivity contribution in [3.05, 3.63) is 54.1 Å². The quantitative estimate of drug-likeness (QED) is 0.328. The fraction of sp³-hybridized carbons (Fsp3) is 0.613. The van der Waals surface area contributed by atoms with Gasteiger partial charge in [-0.05, 0) is 97.4 Å². The van der Waals surface area contributed by atoms with Gasteiger partial charge in [-0.3, -0.25) is 4.39 Å². The molecule has 2 aromatic rings. The van der Waals surface area contributed by atoms with Crippen molar-refractivity contribution in [3.8, 4) is 16.9 Å². The second kappa shape index (κ2) is 12.6. The number of rotatable bonds is 10. The van der Waals surface area contributed by atoms with Gasteiger partial charge >= 0.3 is 0 Å². The maximum absolute atomic E-state index is 12.2. The van der Waals surface area contributed by atoms with E-state index in [1.165, 1.54) is 87.3 Å². The molecule has 0 aliphatic heterocycles. The second-order valence-corrected chi connectivity index (χ2v) is 10.6. The predicted octanol–water partition coefficient (Wildman–Crippen LogP) is 9.36. The molecule has 4 rings (SSSR count). The van der Waals surface area contributed by atoms with Crippen LogP contribution in [0.25, 0.3) is 11.1 Å². The number of methoxy groups -OCH3 is 1. The van der Waals surface area contributed by atoms with Crippen LogP contribution in [0.2, 0.25) is 0 Å². The molecule has 0 N–H and O–H groups in total. The molecule has 2 aromatic carbocycles. The van der Waals surface area contributed by atoms with Gasteiger partial charge in [-0.1, -0.05) is 74.9 Å². The highest BCUT2D eigenvalue weighted by molar-refractivity contribution is 5.64. The molecule has 0 amide bonds. The molecule has 0 saturated heterocycles. The van der Waals surface area contributed by atoms with Crippen molar-refractivity contribution in [2.75, 3.05) is 13.8 Å². The lowest BCUT2D eigenvalue weighted by molar-refractivity contribution is 0.155. The molecule has 1 nitrogen and oxygen atoms in total. The summed E-state index contributed by atoms with van der Waals surface area (Å²) in [5.74, 6) is 4.54. The predicted molar refractivity (Wildman–Crippen MR) is 138 cm³/mol. The Bertz CT molecular complexity index is 796. The molecule has 2 fully saturated rings. The van der Waals surface area contributed by atoms with Gasteiger partial charge in [0.2, 0.25) is 0 Å². The van der Waals surface area contributed by atoms with Crippen LogP contribution in [0, 0.1) is 17.8 Å². The van der Waals surface area contributed by atoms with Crippen LogP contribution in [0.15, 0.2) is 48.5 Å². The molecule has 2 saturated carbocycles. The molecule has 2 aliphatic carbocycles. The van der Waals surface area contributed by atoms with Crippen LogP contribution >= 0.6 is 0 Å². The lowest BCUT2D eigenvalue weighted by atomic mass is 9.68. The van der Waals surface area contributed by atoms with Crippen molar-refractivity contribution in [1.82, 2.24) is 0 Å². The van der Waals surface area contributed by atoms with E-state index in [0.29, 0.717) is 0 Å². The number of ether oxygens (including phenoxy) is 1. The average molecular weight is 451 g/mol. The zero-order chi connectivity index (χ0) is 22.9. The van der Waals surface area contributed by atoms with E-state index >= 15 is 0 Å². The third-order valence-electron chi connectivity index (χ3n) is 8.63. The van der Waals surface area contributed by atoms with Gasteiger partial charge in [-0.15, -0.1) is 0 Å². The monoisotopic (exact) mass is 450 g/mol. The van der Waals surface area contributed by atoms with E-state index in [0.717, 1.165) is 42.3 Å². The normalized spacial score (nSPS) is 25.6. The molecule has 0 aromatic heterocycles. The molecular weight excluding hydrogens is 407 g/mol. The van der Waals surface area contributed by atoms with Gasteiger partial charge in [0.25, 0.3) is 0 Å². The highest BCUT2D eigenvalue weighted by Crippen LogP contribution is 2.44. The molecular formula is C31H43FO.